The fourth-order valence-electron chi connectivity index (χ4n) is 2.58. The van der Waals surface area contributed by atoms with Crippen LogP contribution in [0.15, 0.2) is 0 Å². The summed E-state index contributed by atoms with van der Waals surface area (Å²) in [5.41, 5.74) is 6.00. The van der Waals surface area contributed by atoms with Gasteiger partial charge in [0.15, 0.2) is 5.13 Å². The molecule has 0 spiro atoms. The Bertz CT molecular complexity index is 507. The van der Waals surface area contributed by atoms with Gasteiger partial charge in [0.2, 0.25) is 0 Å². The predicted octanol–water partition coefficient (Wildman–Crippen LogP) is 1.01. The molecule has 3 rings (SSSR count). The summed E-state index contributed by atoms with van der Waals surface area (Å²) in [6, 6.07) is 0. The molecule has 21 heavy (non-hydrogen) atoms. The van der Waals surface area contributed by atoms with Crippen molar-refractivity contribution in [2.45, 2.75) is 19.8 Å². The highest BCUT2D eigenvalue weighted by Gasteiger charge is 2.29. The first-order valence-electron chi connectivity index (χ1n) is 7.70. The monoisotopic (exact) mass is 309 g/mol. The van der Waals surface area contributed by atoms with Gasteiger partial charge in [-0.25, -0.2) is 4.98 Å². The normalized spacial score (nSPS) is 18.8. The van der Waals surface area contributed by atoms with Gasteiger partial charge in [0.1, 0.15) is 10.7 Å². The minimum atomic E-state index is 0.0424. The summed E-state index contributed by atoms with van der Waals surface area (Å²) >= 11 is 1.44. The van der Waals surface area contributed by atoms with Crippen molar-refractivity contribution in [3.63, 3.8) is 0 Å². The van der Waals surface area contributed by atoms with Crippen LogP contribution in [-0.4, -0.2) is 55.1 Å². The maximum Gasteiger partial charge on any atom is 0.267 e. The number of nitrogens with one attached hydrogen (secondary N) is 1. The number of hydrogen-bond donors (Lipinski definition) is 2. The van der Waals surface area contributed by atoms with E-state index in [4.69, 9.17) is 5.73 Å². The van der Waals surface area contributed by atoms with E-state index in [1.165, 1.54) is 24.2 Å². The largest absolute Gasteiger partial charge is 0.382 e. The number of thiazole rings is 1. The molecule has 1 aromatic heterocycles. The highest BCUT2D eigenvalue weighted by molar-refractivity contribution is 7.18. The van der Waals surface area contributed by atoms with Crippen LogP contribution in [0.3, 0.4) is 0 Å². The number of piperazine rings is 1. The lowest BCUT2D eigenvalue weighted by Crippen LogP contribution is -2.43. The van der Waals surface area contributed by atoms with Crippen LogP contribution < -0.4 is 16.0 Å². The molecule has 1 saturated carbocycles. The van der Waals surface area contributed by atoms with E-state index in [1.807, 2.05) is 11.8 Å². The molecule has 0 atom stereocenters. The summed E-state index contributed by atoms with van der Waals surface area (Å²) in [6.45, 7) is 7.34. The molecule has 1 aliphatic heterocycles. The summed E-state index contributed by atoms with van der Waals surface area (Å²) in [7, 11) is 0. The van der Waals surface area contributed by atoms with Crippen LogP contribution in [0.2, 0.25) is 0 Å². The Balaban J connectivity index is 1.74. The van der Waals surface area contributed by atoms with E-state index in [0.717, 1.165) is 44.4 Å². The van der Waals surface area contributed by atoms with Crippen LogP contribution in [0.25, 0.3) is 0 Å². The van der Waals surface area contributed by atoms with Crippen LogP contribution in [0.5, 0.6) is 0 Å². The average molecular weight is 309 g/mol. The van der Waals surface area contributed by atoms with Crippen LogP contribution in [0.1, 0.15) is 29.4 Å². The molecule has 1 aromatic rings. The number of nitrogen functional groups attached to an aromatic ring is 1. The fourth-order valence-corrected chi connectivity index (χ4v) is 3.58. The molecule has 2 fully saturated rings. The van der Waals surface area contributed by atoms with E-state index in [0.29, 0.717) is 16.6 Å². The van der Waals surface area contributed by atoms with Crippen molar-refractivity contribution < 1.29 is 4.79 Å². The molecule has 116 valence electrons. The zero-order valence-corrected chi connectivity index (χ0v) is 13.3. The van der Waals surface area contributed by atoms with Gasteiger partial charge >= 0.3 is 0 Å². The summed E-state index contributed by atoms with van der Waals surface area (Å²) in [4.78, 5) is 21.8. The lowest BCUT2D eigenvalue weighted by molar-refractivity contribution is 0.0762. The Kier molecular flexibility index (Phi) is 4.30. The van der Waals surface area contributed by atoms with E-state index in [-0.39, 0.29) is 5.91 Å². The zero-order chi connectivity index (χ0) is 14.8. The van der Waals surface area contributed by atoms with Crippen molar-refractivity contribution in [1.82, 2.24) is 15.2 Å². The summed E-state index contributed by atoms with van der Waals surface area (Å²) < 4.78 is 0. The van der Waals surface area contributed by atoms with E-state index in [1.54, 1.807) is 0 Å². The highest BCUT2D eigenvalue weighted by atomic mass is 32.1. The van der Waals surface area contributed by atoms with E-state index in [9.17, 15) is 4.79 Å². The number of nitrogens with zero attached hydrogens (tertiary/aromatic N) is 3. The number of carbonyl (C=O) groups is 1. The second-order valence-corrected chi connectivity index (χ2v) is 6.71. The molecular weight excluding hydrogens is 286 g/mol. The van der Waals surface area contributed by atoms with Gasteiger partial charge in [-0.15, -0.1) is 0 Å². The maximum atomic E-state index is 12.6. The molecule has 3 N–H and O–H groups in total. The third-order valence-corrected chi connectivity index (χ3v) is 5.19. The number of amides is 1. The van der Waals surface area contributed by atoms with Crippen molar-refractivity contribution in [3.8, 4) is 0 Å². The van der Waals surface area contributed by atoms with Crippen LogP contribution in [0.4, 0.5) is 10.9 Å². The van der Waals surface area contributed by atoms with Gasteiger partial charge in [0, 0.05) is 39.3 Å². The SMILES string of the molecule is CCN(CC1CC1)C(=O)c1sc(N2CCNCC2)nc1N. The molecule has 7 heteroatoms. The molecule has 0 unspecified atom stereocenters. The quantitative estimate of drug-likeness (QED) is 0.849. The zero-order valence-electron chi connectivity index (χ0n) is 12.5. The number of rotatable bonds is 5. The van der Waals surface area contributed by atoms with Gasteiger partial charge in [-0.2, -0.15) is 0 Å². The van der Waals surface area contributed by atoms with E-state index < -0.39 is 0 Å². The summed E-state index contributed by atoms with van der Waals surface area (Å²) in [5.74, 6) is 1.12. The van der Waals surface area contributed by atoms with Crippen molar-refractivity contribution in [3.05, 3.63) is 4.88 Å². The maximum absolute atomic E-state index is 12.6. The lowest BCUT2D eigenvalue weighted by Gasteiger charge is -2.26. The standard InChI is InChI=1S/C14H23N5OS/c1-2-18(9-10-3-4-10)13(20)11-12(15)17-14(21-11)19-7-5-16-6-8-19/h10,16H,2-9,15H2,1H3. The molecular formula is C14H23N5OS. The molecule has 2 aliphatic rings. The first-order valence-corrected chi connectivity index (χ1v) is 8.52. The Morgan fingerprint density at radius 3 is 2.81 bits per heavy atom. The second-order valence-electron chi connectivity index (χ2n) is 5.74. The van der Waals surface area contributed by atoms with Crippen molar-refractivity contribution in [2.24, 2.45) is 5.92 Å². The van der Waals surface area contributed by atoms with Gasteiger partial charge in [-0.3, -0.25) is 4.79 Å². The number of aromatic nitrogens is 1. The predicted molar refractivity (Wildman–Crippen MR) is 85.9 cm³/mol. The Labute approximate surface area is 129 Å². The topological polar surface area (TPSA) is 74.5 Å². The minimum Gasteiger partial charge on any atom is -0.382 e. The molecule has 0 aromatic carbocycles. The third kappa shape index (κ3) is 3.29. The summed E-state index contributed by atoms with van der Waals surface area (Å²) in [6.07, 6.45) is 2.49. The van der Waals surface area contributed by atoms with Gasteiger partial charge in [0.05, 0.1) is 0 Å². The first-order chi connectivity index (χ1) is 10.2. The number of nitrogens with two attached hydrogens (primary N) is 1. The molecule has 6 nitrogen and oxygen atoms in total. The Morgan fingerprint density at radius 1 is 1.48 bits per heavy atom. The van der Waals surface area contributed by atoms with Gasteiger partial charge in [-0.1, -0.05) is 11.3 Å². The molecule has 1 aliphatic carbocycles. The molecule has 1 saturated heterocycles. The van der Waals surface area contributed by atoms with Gasteiger partial charge in [0.25, 0.3) is 5.91 Å². The third-order valence-electron chi connectivity index (χ3n) is 4.07. The smallest absolute Gasteiger partial charge is 0.267 e. The summed E-state index contributed by atoms with van der Waals surface area (Å²) in [5, 5.41) is 4.19. The molecule has 1 amide bonds. The van der Waals surface area contributed by atoms with Gasteiger partial charge < -0.3 is 20.9 Å². The average Bonchev–Trinajstić information content (AvgIpc) is 3.25. The second kappa shape index (κ2) is 6.19. The van der Waals surface area contributed by atoms with E-state index in [2.05, 4.69) is 15.2 Å². The molecule has 0 bridgehead atoms. The number of hydrogen-bond acceptors (Lipinski definition) is 6. The van der Waals surface area contributed by atoms with Gasteiger partial charge in [-0.05, 0) is 25.7 Å². The van der Waals surface area contributed by atoms with E-state index >= 15 is 0 Å². The molecule has 2 heterocycles. The highest BCUT2D eigenvalue weighted by Crippen LogP contribution is 2.32. The van der Waals surface area contributed by atoms with Crippen molar-refractivity contribution in [1.29, 1.82) is 0 Å². The van der Waals surface area contributed by atoms with Crippen LogP contribution in [0, 0.1) is 5.92 Å². The van der Waals surface area contributed by atoms with Crippen molar-refractivity contribution in [2.75, 3.05) is 49.9 Å². The first kappa shape index (κ1) is 14.6. The lowest BCUT2D eigenvalue weighted by atomic mass is 10.3. The van der Waals surface area contributed by atoms with Crippen LogP contribution >= 0.6 is 11.3 Å². The number of anilines is 2. The Hall–Kier alpha value is -1.34. The fraction of sp³-hybridized carbons (Fsp3) is 0.714. The van der Waals surface area contributed by atoms with Crippen molar-refractivity contribution >= 4 is 28.2 Å². The molecule has 0 radical (unpaired) electrons. The number of carbonyl (C=O) groups excluding carboxylic acids is 1. The Morgan fingerprint density at radius 2 is 2.19 bits per heavy atom. The van der Waals surface area contributed by atoms with Crippen LogP contribution in [-0.2, 0) is 0 Å². The minimum absolute atomic E-state index is 0.0424.